The third kappa shape index (κ3) is 6.54. The number of nitrogens with zero attached hydrogens (tertiary/aromatic N) is 7. The van der Waals surface area contributed by atoms with Crippen LogP contribution in [0.3, 0.4) is 0 Å². The molecule has 1 fully saturated rings. The lowest BCUT2D eigenvalue weighted by Gasteiger charge is -2.32. The number of aromatic nitrogens is 6. The van der Waals surface area contributed by atoms with Crippen molar-refractivity contribution in [2.45, 2.75) is 45.3 Å². The standard InChI is InChI=1S/C30H32ClN9O3/c1-30(2,3)43-29(41)37-18-9-11-40(12-10-18)28-32-15-23-26(38-28)27(34-16-33-23)36-19-5-8-25(21(31)13-19)42-20-6-7-24-22(14-20)35-17-39(24)4/h5-8,13-18H,9-12H2,1-4H3,(H,37,41)(H,33,34,36). The van der Waals surface area contributed by atoms with Crippen molar-refractivity contribution in [3.63, 3.8) is 0 Å². The predicted octanol–water partition coefficient (Wildman–Crippen LogP) is 5.99. The summed E-state index contributed by atoms with van der Waals surface area (Å²) in [6, 6.07) is 11.2. The van der Waals surface area contributed by atoms with Crippen LogP contribution in [0.4, 0.5) is 22.2 Å². The summed E-state index contributed by atoms with van der Waals surface area (Å²) in [5.41, 5.74) is 3.23. The Hall–Kier alpha value is -4.71. The maximum atomic E-state index is 12.2. The van der Waals surface area contributed by atoms with Crippen molar-refractivity contribution in [3.8, 4) is 11.5 Å². The van der Waals surface area contributed by atoms with E-state index in [1.54, 1.807) is 24.7 Å². The summed E-state index contributed by atoms with van der Waals surface area (Å²) < 4.78 is 13.4. The summed E-state index contributed by atoms with van der Waals surface area (Å²) in [6.45, 7) is 6.92. The number of rotatable bonds is 6. The molecule has 1 aliphatic heterocycles. The fourth-order valence-corrected chi connectivity index (χ4v) is 5.11. The number of piperidine rings is 1. The van der Waals surface area contributed by atoms with Crippen LogP contribution in [-0.2, 0) is 11.8 Å². The van der Waals surface area contributed by atoms with Gasteiger partial charge in [-0.05, 0) is 63.9 Å². The van der Waals surface area contributed by atoms with Crippen LogP contribution in [0.2, 0.25) is 5.02 Å². The zero-order valence-corrected chi connectivity index (χ0v) is 25.1. The smallest absolute Gasteiger partial charge is 0.407 e. The van der Waals surface area contributed by atoms with Gasteiger partial charge in [0.2, 0.25) is 5.95 Å². The summed E-state index contributed by atoms with van der Waals surface area (Å²) in [5.74, 6) is 2.27. The maximum Gasteiger partial charge on any atom is 0.407 e. The topological polar surface area (TPSA) is 132 Å². The number of anilines is 3. The minimum atomic E-state index is -0.533. The first-order chi connectivity index (χ1) is 20.6. The van der Waals surface area contributed by atoms with Gasteiger partial charge in [0.05, 0.1) is 28.6 Å². The number of benzene rings is 2. The molecule has 0 bridgehead atoms. The van der Waals surface area contributed by atoms with Gasteiger partial charge < -0.3 is 29.6 Å². The molecule has 13 heteroatoms. The molecule has 2 aromatic carbocycles. The van der Waals surface area contributed by atoms with E-state index >= 15 is 0 Å². The Morgan fingerprint density at radius 2 is 1.84 bits per heavy atom. The lowest BCUT2D eigenvalue weighted by Crippen LogP contribution is -2.46. The lowest BCUT2D eigenvalue weighted by molar-refractivity contribution is 0.0497. The molecule has 4 heterocycles. The van der Waals surface area contributed by atoms with Gasteiger partial charge in [0, 0.05) is 37.9 Å². The van der Waals surface area contributed by atoms with Crippen molar-refractivity contribution in [1.29, 1.82) is 0 Å². The molecule has 0 saturated carbocycles. The Bertz CT molecular complexity index is 1800. The molecule has 12 nitrogen and oxygen atoms in total. The molecule has 1 aliphatic rings. The van der Waals surface area contributed by atoms with E-state index in [1.807, 2.05) is 56.7 Å². The van der Waals surface area contributed by atoms with Crippen LogP contribution in [0.1, 0.15) is 33.6 Å². The summed E-state index contributed by atoms with van der Waals surface area (Å²) >= 11 is 6.60. The Morgan fingerprint density at radius 3 is 2.60 bits per heavy atom. The van der Waals surface area contributed by atoms with Gasteiger partial charge in [-0.15, -0.1) is 0 Å². The normalized spacial score (nSPS) is 14.2. The Labute approximate surface area is 253 Å². The van der Waals surface area contributed by atoms with E-state index < -0.39 is 11.7 Å². The van der Waals surface area contributed by atoms with Crippen molar-refractivity contribution in [2.24, 2.45) is 7.05 Å². The largest absolute Gasteiger partial charge is 0.456 e. The second-order valence-electron chi connectivity index (χ2n) is 11.4. The number of hydrogen-bond donors (Lipinski definition) is 2. The van der Waals surface area contributed by atoms with Crippen molar-refractivity contribution in [1.82, 2.24) is 34.8 Å². The highest BCUT2D eigenvalue weighted by Gasteiger charge is 2.25. The number of halogens is 1. The number of alkyl carbamates (subject to hydrolysis) is 1. The number of nitrogens with one attached hydrogen (secondary N) is 2. The monoisotopic (exact) mass is 601 g/mol. The first kappa shape index (κ1) is 28.4. The van der Waals surface area contributed by atoms with Gasteiger partial charge in [-0.25, -0.2) is 29.7 Å². The van der Waals surface area contributed by atoms with Gasteiger partial charge in [-0.2, -0.15) is 0 Å². The lowest BCUT2D eigenvalue weighted by atomic mass is 10.1. The molecule has 1 amide bonds. The highest BCUT2D eigenvalue weighted by atomic mass is 35.5. The number of fused-ring (bicyclic) bond motifs is 2. The first-order valence-electron chi connectivity index (χ1n) is 14.0. The molecule has 0 spiro atoms. The van der Waals surface area contributed by atoms with Gasteiger partial charge in [0.15, 0.2) is 5.82 Å². The Morgan fingerprint density at radius 1 is 1.02 bits per heavy atom. The van der Waals surface area contributed by atoms with Crippen LogP contribution >= 0.6 is 11.6 Å². The molecule has 0 atom stereocenters. The third-order valence-electron chi connectivity index (χ3n) is 6.98. The number of aryl methyl sites for hydroxylation is 1. The number of carbonyl (C=O) groups excluding carboxylic acids is 1. The van der Waals surface area contributed by atoms with Gasteiger partial charge >= 0.3 is 6.09 Å². The van der Waals surface area contributed by atoms with Crippen LogP contribution in [0.15, 0.2) is 55.2 Å². The molecule has 1 saturated heterocycles. The summed E-state index contributed by atoms with van der Waals surface area (Å²) in [4.78, 5) is 36.8. The van der Waals surface area contributed by atoms with E-state index in [4.69, 9.17) is 26.1 Å². The Kier molecular flexibility index (Phi) is 7.61. The van der Waals surface area contributed by atoms with Crippen molar-refractivity contribution in [2.75, 3.05) is 23.3 Å². The molecular formula is C30H32ClN9O3. The SMILES string of the molecule is Cn1cnc2cc(Oc3ccc(Nc4ncnc5cnc(N6CCC(NC(=O)OC(C)(C)C)CC6)nc45)cc3Cl)ccc21. The van der Waals surface area contributed by atoms with E-state index in [0.29, 0.717) is 58.1 Å². The molecular weight excluding hydrogens is 570 g/mol. The number of amides is 1. The van der Waals surface area contributed by atoms with Crippen molar-refractivity contribution in [3.05, 3.63) is 60.3 Å². The molecule has 2 N–H and O–H groups in total. The highest BCUT2D eigenvalue weighted by Crippen LogP contribution is 2.34. The van der Waals surface area contributed by atoms with Crippen LogP contribution in [0, 0.1) is 0 Å². The predicted molar refractivity (Wildman–Crippen MR) is 165 cm³/mol. The molecule has 6 rings (SSSR count). The average molecular weight is 602 g/mol. The first-order valence-corrected chi connectivity index (χ1v) is 14.4. The van der Waals surface area contributed by atoms with E-state index in [9.17, 15) is 4.79 Å². The summed E-state index contributed by atoms with van der Waals surface area (Å²) in [7, 11) is 1.95. The van der Waals surface area contributed by atoms with Crippen molar-refractivity contribution < 1.29 is 14.3 Å². The summed E-state index contributed by atoms with van der Waals surface area (Å²) in [5, 5.41) is 6.70. The molecule has 222 valence electrons. The quantitative estimate of drug-likeness (QED) is 0.239. The fourth-order valence-electron chi connectivity index (χ4n) is 4.89. The van der Waals surface area contributed by atoms with E-state index in [2.05, 4.69) is 35.5 Å². The Balaban J connectivity index is 1.14. The molecule has 5 aromatic rings. The third-order valence-corrected chi connectivity index (χ3v) is 7.28. The van der Waals surface area contributed by atoms with Crippen LogP contribution in [0.5, 0.6) is 11.5 Å². The van der Waals surface area contributed by atoms with Crippen molar-refractivity contribution >= 4 is 57.2 Å². The van der Waals surface area contributed by atoms with Crippen LogP contribution < -0.4 is 20.3 Å². The second kappa shape index (κ2) is 11.5. The average Bonchev–Trinajstić information content (AvgIpc) is 3.33. The van der Waals surface area contributed by atoms with E-state index in [1.165, 1.54) is 6.33 Å². The van der Waals surface area contributed by atoms with Crippen LogP contribution in [0.25, 0.3) is 22.1 Å². The number of hydrogen-bond acceptors (Lipinski definition) is 10. The minimum absolute atomic E-state index is 0.0294. The summed E-state index contributed by atoms with van der Waals surface area (Å²) in [6.07, 6.45) is 6.03. The molecule has 3 aromatic heterocycles. The molecule has 0 unspecified atom stereocenters. The van der Waals surface area contributed by atoms with Gasteiger partial charge in [0.1, 0.15) is 34.5 Å². The van der Waals surface area contributed by atoms with Gasteiger partial charge in [-0.3, -0.25) is 0 Å². The maximum absolute atomic E-state index is 12.2. The zero-order valence-electron chi connectivity index (χ0n) is 24.3. The van der Waals surface area contributed by atoms with E-state index in [-0.39, 0.29) is 6.04 Å². The minimum Gasteiger partial charge on any atom is -0.456 e. The second-order valence-corrected chi connectivity index (χ2v) is 11.8. The van der Waals surface area contributed by atoms with Gasteiger partial charge in [0.25, 0.3) is 0 Å². The van der Waals surface area contributed by atoms with Crippen LogP contribution in [-0.4, -0.2) is 60.3 Å². The number of imidazole rings is 1. The van der Waals surface area contributed by atoms with E-state index in [0.717, 1.165) is 23.9 Å². The highest BCUT2D eigenvalue weighted by molar-refractivity contribution is 6.32. The molecule has 0 radical (unpaired) electrons. The number of carbonyl (C=O) groups is 1. The zero-order chi connectivity index (χ0) is 30.1. The number of ether oxygens (including phenoxy) is 2. The molecule has 43 heavy (non-hydrogen) atoms. The fraction of sp³-hybridized carbons (Fsp3) is 0.333. The molecule has 0 aliphatic carbocycles. The van der Waals surface area contributed by atoms with Gasteiger partial charge in [-0.1, -0.05) is 11.6 Å².